The van der Waals surface area contributed by atoms with Crippen LogP contribution in [-0.2, 0) is 6.42 Å². The maximum absolute atomic E-state index is 11.5. The van der Waals surface area contributed by atoms with E-state index in [1.807, 2.05) is 59.3 Å². The molecule has 5 rings (SSSR count). The summed E-state index contributed by atoms with van der Waals surface area (Å²) >= 11 is 0. The number of amides is 2. The predicted octanol–water partition coefficient (Wildman–Crippen LogP) is 5.18. The normalized spacial score (nSPS) is 10.6. The molecule has 3 aromatic carbocycles. The van der Waals surface area contributed by atoms with E-state index in [1.54, 1.807) is 6.20 Å². The summed E-state index contributed by atoms with van der Waals surface area (Å²) in [7, 11) is 2.00. The van der Waals surface area contributed by atoms with Gasteiger partial charge >= 0.3 is 6.03 Å². The number of imidazole rings is 1. The van der Waals surface area contributed by atoms with Gasteiger partial charge in [-0.25, -0.2) is 9.78 Å². The lowest BCUT2D eigenvalue weighted by molar-refractivity contribution is 0.0589. The van der Waals surface area contributed by atoms with Crippen molar-refractivity contribution in [3.05, 3.63) is 108 Å². The number of carbonyl (C=O) groups is 1. The fourth-order valence-corrected chi connectivity index (χ4v) is 3.52. The predicted molar refractivity (Wildman–Crippen MR) is 148 cm³/mol. The highest BCUT2D eigenvalue weighted by Gasteiger charge is 2.20. The van der Waals surface area contributed by atoms with Gasteiger partial charge in [-0.15, -0.1) is 0 Å². The third-order valence-electron chi connectivity index (χ3n) is 5.43. The molecule has 5 N–H and O–H groups in total. The monoisotopic (exact) mass is 510 g/mol. The van der Waals surface area contributed by atoms with E-state index in [4.69, 9.17) is 25.1 Å². The van der Waals surface area contributed by atoms with E-state index in [2.05, 4.69) is 48.4 Å². The van der Waals surface area contributed by atoms with Crippen LogP contribution in [0.4, 0.5) is 4.79 Å². The van der Waals surface area contributed by atoms with E-state index in [1.165, 1.54) is 11.1 Å². The minimum Gasteiger partial charge on any atom is -0.400 e. The lowest BCUT2D eigenvalue weighted by atomic mass is 10.1. The number of hydrogen-bond acceptors (Lipinski definition) is 6. The van der Waals surface area contributed by atoms with Crippen LogP contribution in [0.15, 0.2) is 94.3 Å². The summed E-state index contributed by atoms with van der Waals surface area (Å²) in [6, 6.07) is 22.8. The van der Waals surface area contributed by atoms with Gasteiger partial charge < -0.3 is 25.8 Å². The van der Waals surface area contributed by atoms with Gasteiger partial charge in [-0.05, 0) is 49.1 Å². The zero-order valence-corrected chi connectivity index (χ0v) is 21.5. The minimum absolute atomic E-state index is 0. The van der Waals surface area contributed by atoms with E-state index in [0.717, 1.165) is 25.5 Å². The number of aromatic nitrogens is 2. The second-order valence-electron chi connectivity index (χ2n) is 7.79. The van der Waals surface area contributed by atoms with Crippen LogP contribution in [0.1, 0.15) is 31.4 Å². The second-order valence-corrected chi connectivity index (χ2v) is 7.79. The number of benzene rings is 3. The average Bonchev–Trinajstić information content (AvgIpc) is 3.39. The standard InChI is InChI=1S/C18H16N4O3.C8H10.2CH4O.2H2/c19-18(23)21-14(10-12-4-2-1-3-5-12)17-20-8-9-22(17)13-6-7-15-16(11-13)25-24-15;1-7-5-3-4-6-8(7)2;2*1-2;;/h1-9,11,14H,10H2,(H3,19,21,23);3-6H,1-2H3;2*2H,1H3;2*1H/t14-;;;;;/m0...../s1. The SMILES string of the molecule is CO.CO.Cc1ccccc1C.NC(=O)N[C@@H](Cc1ccccc1)c1nccn1-c1ccc2ooc2c1.[HH].[HH]. The average molecular weight is 511 g/mol. The number of urea groups is 1. The van der Waals surface area contributed by atoms with Gasteiger partial charge in [0.25, 0.3) is 0 Å². The fraction of sp³-hybridized carbons (Fsp3) is 0.214. The van der Waals surface area contributed by atoms with Crippen LogP contribution in [0, 0.1) is 13.8 Å². The number of primary amides is 1. The van der Waals surface area contributed by atoms with Gasteiger partial charge in [0.1, 0.15) is 5.82 Å². The van der Waals surface area contributed by atoms with Crippen molar-refractivity contribution in [3.8, 4) is 5.69 Å². The molecule has 2 aromatic heterocycles. The number of aliphatic hydroxyl groups is 2. The van der Waals surface area contributed by atoms with Crippen LogP contribution >= 0.6 is 0 Å². The fourth-order valence-electron chi connectivity index (χ4n) is 3.52. The Morgan fingerprint density at radius 3 is 2.05 bits per heavy atom. The Labute approximate surface area is 219 Å². The van der Waals surface area contributed by atoms with Crippen molar-refractivity contribution in [3.63, 3.8) is 0 Å². The lowest BCUT2D eigenvalue weighted by Gasteiger charge is -2.19. The number of aryl methyl sites for hydroxylation is 2. The molecular formula is C28H38N4O5. The molecule has 37 heavy (non-hydrogen) atoms. The van der Waals surface area contributed by atoms with Crippen molar-refractivity contribution < 1.29 is 27.0 Å². The number of nitrogens with one attached hydrogen (secondary N) is 1. The Bertz CT molecular complexity index is 1330. The van der Waals surface area contributed by atoms with Gasteiger partial charge in [0.05, 0.1) is 11.7 Å². The Balaban J connectivity index is 0.000000879. The van der Waals surface area contributed by atoms with Crippen molar-refractivity contribution in [1.82, 2.24) is 14.9 Å². The topological polar surface area (TPSA) is 140 Å². The number of nitrogens with two attached hydrogens (primary N) is 1. The van der Waals surface area contributed by atoms with E-state index in [9.17, 15) is 4.79 Å². The van der Waals surface area contributed by atoms with Crippen molar-refractivity contribution >= 4 is 17.2 Å². The van der Waals surface area contributed by atoms with Gasteiger partial charge in [-0.3, -0.25) is 9.15 Å². The highest BCUT2D eigenvalue weighted by Crippen LogP contribution is 2.25. The molecule has 0 fully saturated rings. The quantitative estimate of drug-likeness (QED) is 0.240. The molecule has 9 nitrogen and oxygen atoms in total. The molecule has 0 saturated heterocycles. The zero-order valence-electron chi connectivity index (χ0n) is 21.5. The summed E-state index contributed by atoms with van der Waals surface area (Å²) in [5.74, 6) is 0.683. The summed E-state index contributed by atoms with van der Waals surface area (Å²) in [6.45, 7) is 4.24. The molecule has 1 atom stereocenters. The van der Waals surface area contributed by atoms with Crippen LogP contribution in [-0.4, -0.2) is 40.0 Å². The van der Waals surface area contributed by atoms with Gasteiger partial charge in [0.2, 0.25) is 11.2 Å². The summed E-state index contributed by atoms with van der Waals surface area (Å²) in [5.41, 5.74) is 11.4. The lowest BCUT2D eigenvalue weighted by Crippen LogP contribution is -2.35. The van der Waals surface area contributed by atoms with Crippen LogP contribution in [0.2, 0.25) is 0 Å². The third kappa shape index (κ3) is 8.09. The first-order valence-corrected chi connectivity index (χ1v) is 11.5. The molecule has 0 unspecified atom stereocenters. The smallest absolute Gasteiger partial charge is 0.312 e. The van der Waals surface area contributed by atoms with E-state index < -0.39 is 6.03 Å². The maximum atomic E-state index is 11.5. The number of hydrogen-bond donors (Lipinski definition) is 4. The molecule has 2 heterocycles. The maximum Gasteiger partial charge on any atom is 0.312 e. The Hall–Kier alpha value is -4.34. The molecule has 200 valence electrons. The van der Waals surface area contributed by atoms with Crippen LogP contribution in [0.3, 0.4) is 0 Å². The first kappa shape index (κ1) is 28.9. The Kier molecular flexibility index (Phi) is 11.7. The summed E-state index contributed by atoms with van der Waals surface area (Å²) in [6.07, 6.45) is 4.09. The highest BCUT2D eigenvalue weighted by atomic mass is 17.0. The van der Waals surface area contributed by atoms with Crippen molar-refractivity contribution in [1.29, 1.82) is 0 Å². The van der Waals surface area contributed by atoms with Gasteiger partial charge in [0, 0.05) is 35.5 Å². The molecule has 0 spiro atoms. The van der Waals surface area contributed by atoms with Gasteiger partial charge in [0.15, 0.2) is 0 Å². The molecular weight excluding hydrogens is 472 g/mol. The van der Waals surface area contributed by atoms with Crippen molar-refractivity contribution in [2.75, 3.05) is 14.2 Å². The molecule has 5 aromatic rings. The van der Waals surface area contributed by atoms with Crippen LogP contribution in [0.25, 0.3) is 16.9 Å². The minimum atomic E-state index is -0.593. The highest BCUT2D eigenvalue weighted by molar-refractivity contribution is 5.74. The molecule has 0 saturated carbocycles. The molecule has 0 bridgehead atoms. The van der Waals surface area contributed by atoms with Crippen molar-refractivity contribution in [2.45, 2.75) is 26.3 Å². The molecule has 0 aliphatic rings. The number of aliphatic hydroxyl groups excluding tert-OH is 2. The Morgan fingerprint density at radius 2 is 1.54 bits per heavy atom. The largest absolute Gasteiger partial charge is 0.400 e. The number of nitrogens with zero attached hydrogens (tertiary/aromatic N) is 2. The zero-order chi connectivity index (χ0) is 27.2. The summed E-state index contributed by atoms with van der Waals surface area (Å²) in [4.78, 5) is 15.9. The molecule has 0 radical (unpaired) electrons. The third-order valence-corrected chi connectivity index (χ3v) is 5.43. The van der Waals surface area contributed by atoms with Gasteiger partial charge in [-0.2, -0.15) is 0 Å². The Morgan fingerprint density at radius 1 is 0.946 bits per heavy atom. The molecule has 2 amide bonds. The van der Waals surface area contributed by atoms with Crippen LogP contribution < -0.4 is 11.1 Å². The number of fused-ring (bicyclic) bond motifs is 1. The summed E-state index contributed by atoms with van der Waals surface area (Å²) < 4.78 is 11.7. The van der Waals surface area contributed by atoms with E-state index >= 15 is 0 Å². The van der Waals surface area contributed by atoms with Crippen molar-refractivity contribution in [2.24, 2.45) is 5.73 Å². The first-order valence-electron chi connectivity index (χ1n) is 11.5. The second kappa shape index (κ2) is 14.9. The molecule has 9 heteroatoms. The van der Waals surface area contributed by atoms with E-state index in [-0.39, 0.29) is 8.90 Å². The number of rotatable bonds is 5. The first-order chi connectivity index (χ1) is 18.0. The number of carbonyl (C=O) groups excluding carboxylic acids is 1. The van der Waals surface area contributed by atoms with Crippen LogP contribution in [0.5, 0.6) is 0 Å². The van der Waals surface area contributed by atoms with E-state index in [0.29, 0.717) is 23.4 Å². The van der Waals surface area contributed by atoms with Gasteiger partial charge in [-0.1, -0.05) is 54.6 Å². The summed E-state index contributed by atoms with van der Waals surface area (Å²) in [5, 5.41) is 16.8. The molecule has 0 aliphatic carbocycles. The molecule has 0 aliphatic heterocycles.